The molecule has 0 saturated carbocycles. The van der Waals surface area contributed by atoms with Gasteiger partial charge in [-0.15, -0.1) is 0 Å². The molecule has 0 saturated heterocycles. The quantitative estimate of drug-likeness (QED) is 0.548. The summed E-state index contributed by atoms with van der Waals surface area (Å²) < 4.78 is 5.98. The smallest absolute Gasteiger partial charge is 0.231 e. The van der Waals surface area contributed by atoms with Gasteiger partial charge in [0.15, 0.2) is 5.58 Å². The van der Waals surface area contributed by atoms with E-state index in [1.807, 2.05) is 48.9 Å². The summed E-state index contributed by atoms with van der Waals surface area (Å²) in [7, 11) is 0. The normalized spacial score (nSPS) is 11.8. The first kappa shape index (κ1) is 15.4. The van der Waals surface area contributed by atoms with E-state index in [1.165, 1.54) is 0 Å². The third-order valence-corrected chi connectivity index (χ3v) is 3.84. The number of hydrogen-bond acceptors (Lipinski definition) is 4. The lowest BCUT2D eigenvalue weighted by Crippen LogP contribution is -2.27. The summed E-state index contributed by atoms with van der Waals surface area (Å²) in [5.41, 5.74) is 4.43. The van der Waals surface area contributed by atoms with E-state index >= 15 is 0 Å². The van der Waals surface area contributed by atoms with Crippen molar-refractivity contribution >= 4 is 16.9 Å². The predicted octanol–water partition coefficient (Wildman–Crippen LogP) is 5.10. The Labute approximate surface area is 146 Å². The van der Waals surface area contributed by atoms with Crippen LogP contribution in [0.2, 0.25) is 0 Å². The third kappa shape index (κ3) is 3.13. The molecule has 126 valence electrons. The van der Waals surface area contributed by atoms with Gasteiger partial charge >= 0.3 is 0 Å². The molecular weight excluding hydrogens is 312 g/mol. The summed E-state index contributed by atoms with van der Waals surface area (Å²) in [5, 5.41) is 3.45. The first-order valence-electron chi connectivity index (χ1n) is 8.27. The highest BCUT2D eigenvalue weighted by Crippen LogP contribution is 2.33. The second-order valence-corrected chi connectivity index (χ2v) is 7.08. The molecule has 3 aromatic heterocycles. The number of hydrogen-bond donors (Lipinski definition) is 2. The van der Waals surface area contributed by atoms with E-state index in [0.29, 0.717) is 5.89 Å². The zero-order valence-electron chi connectivity index (χ0n) is 14.5. The summed E-state index contributed by atoms with van der Waals surface area (Å²) in [6.45, 7) is 6.31. The molecule has 0 amide bonds. The number of anilines is 1. The van der Waals surface area contributed by atoms with Crippen LogP contribution < -0.4 is 5.32 Å². The topological polar surface area (TPSA) is 66.7 Å². The van der Waals surface area contributed by atoms with Gasteiger partial charge in [-0.1, -0.05) is 12.1 Å². The highest BCUT2D eigenvalue weighted by molar-refractivity contribution is 5.81. The van der Waals surface area contributed by atoms with Crippen molar-refractivity contribution < 1.29 is 4.42 Å². The van der Waals surface area contributed by atoms with Crippen molar-refractivity contribution in [1.82, 2.24) is 15.0 Å². The van der Waals surface area contributed by atoms with Crippen molar-refractivity contribution in [1.29, 1.82) is 0 Å². The average molecular weight is 332 g/mol. The molecule has 5 heteroatoms. The second kappa shape index (κ2) is 5.77. The number of benzene rings is 1. The van der Waals surface area contributed by atoms with Crippen LogP contribution in [0.3, 0.4) is 0 Å². The first-order valence-corrected chi connectivity index (χ1v) is 8.27. The van der Waals surface area contributed by atoms with Crippen LogP contribution in [0.4, 0.5) is 5.82 Å². The van der Waals surface area contributed by atoms with Crippen LogP contribution in [0.15, 0.2) is 59.4 Å². The van der Waals surface area contributed by atoms with Crippen molar-refractivity contribution in [3.63, 3.8) is 0 Å². The number of para-hydroxylation sites is 2. The van der Waals surface area contributed by atoms with Crippen LogP contribution >= 0.6 is 0 Å². The Morgan fingerprint density at radius 1 is 1.08 bits per heavy atom. The molecule has 0 aliphatic heterocycles. The minimum Gasteiger partial charge on any atom is -0.436 e. The Kier molecular flexibility index (Phi) is 3.57. The van der Waals surface area contributed by atoms with Crippen LogP contribution in [0.25, 0.3) is 33.7 Å². The molecule has 0 fully saturated rings. The zero-order valence-corrected chi connectivity index (χ0v) is 14.5. The maximum atomic E-state index is 5.98. The van der Waals surface area contributed by atoms with E-state index in [1.54, 1.807) is 0 Å². The Hall–Kier alpha value is -3.08. The fourth-order valence-electron chi connectivity index (χ4n) is 2.73. The van der Waals surface area contributed by atoms with Gasteiger partial charge in [-0.05, 0) is 45.0 Å². The summed E-state index contributed by atoms with van der Waals surface area (Å²) >= 11 is 0. The largest absolute Gasteiger partial charge is 0.436 e. The molecular formula is C20H20N4O. The van der Waals surface area contributed by atoms with Crippen LogP contribution in [-0.4, -0.2) is 20.5 Å². The van der Waals surface area contributed by atoms with Crippen LogP contribution in [0.5, 0.6) is 0 Å². The predicted molar refractivity (Wildman–Crippen MR) is 100 cm³/mol. The Morgan fingerprint density at radius 3 is 2.64 bits per heavy atom. The molecule has 4 rings (SSSR count). The molecule has 0 bridgehead atoms. The molecule has 0 aliphatic rings. The van der Waals surface area contributed by atoms with E-state index in [9.17, 15) is 0 Å². The second-order valence-electron chi connectivity index (χ2n) is 7.08. The molecule has 5 nitrogen and oxygen atoms in total. The molecule has 0 atom stereocenters. The first-order chi connectivity index (χ1) is 12.0. The van der Waals surface area contributed by atoms with Crippen LogP contribution in [0.1, 0.15) is 20.8 Å². The lowest BCUT2D eigenvalue weighted by atomic mass is 10.1. The van der Waals surface area contributed by atoms with Crippen molar-refractivity contribution in [2.24, 2.45) is 0 Å². The summed E-state index contributed by atoms with van der Waals surface area (Å²) in [5.74, 6) is 1.33. The average Bonchev–Trinajstić information content (AvgIpc) is 3.23. The summed E-state index contributed by atoms with van der Waals surface area (Å²) in [6, 6.07) is 11.9. The van der Waals surface area contributed by atoms with Gasteiger partial charge in [0.25, 0.3) is 0 Å². The van der Waals surface area contributed by atoms with Crippen LogP contribution in [0, 0.1) is 0 Å². The number of aromatic amines is 1. The fourth-order valence-corrected chi connectivity index (χ4v) is 2.73. The Balaban J connectivity index is 1.88. The number of rotatable bonds is 3. The Morgan fingerprint density at radius 2 is 1.92 bits per heavy atom. The lowest BCUT2D eigenvalue weighted by Gasteiger charge is -2.22. The number of nitrogens with one attached hydrogen (secondary N) is 2. The summed E-state index contributed by atoms with van der Waals surface area (Å²) in [6.07, 6.45) is 5.71. The molecule has 1 aromatic carbocycles. The van der Waals surface area contributed by atoms with E-state index < -0.39 is 0 Å². The highest BCUT2D eigenvalue weighted by Gasteiger charge is 2.19. The molecule has 3 heterocycles. The van der Waals surface area contributed by atoms with Gasteiger partial charge in [-0.2, -0.15) is 0 Å². The minimum atomic E-state index is -0.122. The number of pyridine rings is 1. The van der Waals surface area contributed by atoms with Gasteiger partial charge in [-0.25, -0.2) is 9.97 Å². The number of nitrogens with zero attached hydrogens (tertiary/aromatic N) is 2. The SMILES string of the molecule is CC(C)(C)Nc1ncc(-c2cc[nH]c2)cc1-c1nc2ccccc2o1. The van der Waals surface area contributed by atoms with E-state index in [0.717, 1.165) is 33.6 Å². The van der Waals surface area contributed by atoms with Crippen molar-refractivity contribution in [3.8, 4) is 22.6 Å². The molecule has 2 N–H and O–H groups in total. The lowest BCUT2D eigenvalue weighted by molar-refractivity contribution is 0.614. The standard InChI is InChI=1S/C20H20N4O/c1-20(2,3)24-18-15(10-14(12-22-18)13-8-9-21-11-13)19-23-16-6-4-5-7-17(16)25-19/h4-12,21H,1-3H3,(H,22,24). The van der Waals surface area contributed by atoms with E-state index in [4.69, 9.17) is 4.42 Å². The minimum absolute atomic E-state index is 0.122. The monoisotopic (exact) mass is 332 g/mol. The maximum Gasteiger partial charge on any atom is 0.231 e. The molecule has 25 heavy (non-hydrogen) atoms. The Bertz CT molecular complexity index is 977. The van der Waals surface area contributed by atoms with Gasteiger partial charge in [0.2, 0.25) is 5.89 Å². The van der Waals surface area contributed by atoms with E-state index in [-0.39, 0.29) is 5.54 Å². The molecule has 0 radical (unpaired) electrons. The van der Waals surface area contributed by atoms with Crippen LogP contribution in [-0.2, 0) is 0 Å². The molecule has 0 aliphatic carbocycles. The number of oxazole rings is 1. The molecule has 4 aromatic rings. The zero-order chi connectivity index (χ0) is 17.4. The third-order valence-electron chi connectivity index (χ3n) is 3.84. The molecule has 0 spiro atoms. The van der Waals surface area contributed by atoms with Crippen molar-refractivity contribution in [2.45, 2.75) is 26.3 Å². The highest BCUT2D eigenvalue weighted by atomic mass is 16.3. The fraction of sp³-hybridized carbons (Fsp3) is 0.200. The van der Waals surface area contributed by atoms with E-state index in [2.05, 4.69) is 47.1 Å². The summed E-state index contributed by atoms with van der Waals surface area (Å²) in [4.78, 5) is 12.4. The van der Waals surface area contributed by atoms with Gasteiger partial charge < -0.3 is 14.7 Å². The number of H-pyrrole nitrogens is 1. The maximum absolute atomic E-state index is 5.98. The van der Waals surface area contributed by atoms with Gasteiger partial charge in [0.1, 0.15) is 11.3 Å². The van der Waals surface area contributed by atoms with Gasteiger partial charge in [-0.3, -0.25) is 0 Å². The van der Waals surface area contributed by atoms with Gasteiger partial charge in [0, 0.05) is 35.3 Å². The number of aromatic nitrogens is 3. The molecule has 0 unspecified atom stereocenters. The van der Waals surface area contributed by atoms with Gasteiger partial charge in [0.05, 0.1) is 5.56 Å². The van der Waals surface area contributed by atoms with Crippen molar-refractivity contribution in [2.75, 3.05) is 5.32 Å². The number of fused-ring (bicyclic) bond motifs is 1. The van der Waals surface area contributed by atoms with Crippen molar-refractivity contribution in [3.05, 3.63) is 55.0 Å².